The monoisotopic (exact) mass is 327 g/mol. The number of aromatic amines is 1. The number of fused-ring (bicyclic) bond motifs is 2. The first-order chi connectivity index (χ1) is 12.3. The van der Waals surface area contributed by atoms with Gasteiger partial charge in [-0.15, -0.1) is 0 Å². The molecule has 0 saturated carbocycles. The Bertz CT molecular complexity index is 1070. The molecular weight excluding hydrogens is 310 g/mol. The topological polar surface area (TPSA) is 70.8 Å². The van der Waals surface area contributed by atoms with Gasteiger partial charge in [-0.1, -0.05) is 48.5 Å². The van der Waals surface area contributed by atoms with Crippen LogP contribution in [0, 0.1) is 0 Å². The minimum absolute atomic E-state index is 0.551. The number of nitrogens with one attached hydrogen (secondary N) is 1. The number of para-hydroxylation sites is 1. The molecule has 0 atom stereocenters. The molecule has 0 saturated heterocycles. The van der Waals surface area contributed by atoms with Gasteiger partial charge in [0.05, 0.1) is 5.39 Å². The molecule has 0 spiro atoms. The van der Waals surface area contributed by atoms with Crippen molar-refractivity contribution < 1.29 is 0 Å². The number of pyridine rings is 1. The third-order valence-corrected chi connectivity index (χ3v) is 4.79. The van der Waals surface area contributed by atoms with Crippen LogP contribution >= 0.6 is 0 Å². The number of nitrogens with zero attached hydrogens (tertiary/aromatic N) is 3. The molecular formula is C20H17N5. The van der Waals surface area contributed by atoms with Gasteiger partial charge in [-0.3, -0.25) is 5.10 Å². The first kappa shape index (κ1) is 14.0. The van der Waals surface area contributed by atoms with E-state index < -0.39 is 0 Å². The molecule has 0 amide bonds. The molecule has 3 N–H and O–H groups in total. The van der Waals surface area contributed by atoms with Gasteiger partial charge in [-0.25, -0.2) is 4.98 Å². The van der Waals surface area contributed by atoms with E-state index in [0.717, 1.165) is 35.3 Å². The molecule has 0 unspecified atom stereocenters. The van der Waals surface area contributed by atoms with Crippen molar-refractivity contribution in [3.8, 4) is 11.1 Å². The second kappa shape index (κ2) is 5.34. The highest BCUT2D eigenvalue weighted by atomic mass is 15.2. The molecule has 2 aromatic heterocycles. The zero-order chi connectivity index (χ0) is 16.8. The van der Waals surface area contributed by atoms with Crippen molar-refractivity contribution in [2.45, 2.75) is 6.42 Å². The molecule has 25 heavy (non-hydrogen) atoms. The first-order valence-electron chi connectivity index (χ1n) is 8.37. The van der Waals surface area contributed by atoms with Crippen LogP contribution in [-0.2, 0) is 6.42 Å². The Hall–Kier alpha value is -3.34. The number of H-pyrrole nitrogens is 1. The molecule has 1 aliphatic heterocycles. The number of nitrogen functional groups attached to an aromatic ring is 1. The van der Waals surface area contributed by atoms with Crippen molar-refractivity contribution in [1.82, 2.24) is 15.2 Å². The van der Waals surface area contributed by atoms with Gasteiger partial charge >= 0.3 is 0 Å². The lowest BCUT2D eigenvalue weighted by molar-refractivity contribution is 0.976. The van der Waals surface area contributed by atoms with Gasteiger partial charge in [-0.2, -0.15) is 5.10 Å². The van der Waals surface area contributed by atoms with Gasteiger partial charge in [-0.05, 0) is 29.7 Å². The number of nitrogens with two attached hydrogens (primary N) is 1. The summed E-state index contributed by atoms with van der Waals surface area (Å²) in [5, 5.41) is 8.05. The fourth-order valence-corrected chi connectivity index (χ4v) is 3.59. The molecule has 0 bridgehead atoms. The highest BCUT2D eigenvalue weighted by Gasteiger charge is 2.23. The maximum absolute atomic E-state index is 6.12. The molecule has 0 aliphatic carbocycles. The minimum Gasteiger partial charge on any atom is -0.383 e. The molecule has 5 heteroatoms. The SMILES string of the molecule is Nc1[nH]nc2nc(N3CCc4ccccc43)cc(-c3ccccc3)c12. The average Bonchev–Trinajstić information content (AvgIpc) is 3.26. The molecule has 0 fully saturated rings. The van der Waals surface area contributed by atoms with Crippen molar-refractivity contribution in [3.63, 3.8) is 0 Å². The van der Waals surface area contributed by atoms with E-state index >= 15 is 0 Å². The van der Waals surface area contributed by atoms with Gasteiger partial charge in [0.25, 0.3) is 0 Å². The molecule has 4 aromatic rings. The van der Waals surface area contributed by atoms with E-state index in [4.69, 9.17) is 10.7 Å². The van der Waals surface area contributed by atoms with E-state index in [9.17, 15) is 0 Å². The Morgan fingerprint density at radius 3 is 2.68 bits per heavy atom. The second-order valence-corrected chi connectivity index (χ2v) is 6.26. The van der Waals surface area contributed by atoms with Crippen LogP contribution in [0.3, 0.4) is 0 Å². The summed E-state index contributed by atoms with van der Waals surface area (Å²) in [5.74, 6) is 1.46. The number of benzene rings is 2. The fourth-order valence-electron chi connectivity index (χ4n) is 3.59. The van der Waals surface area contributed by atoms with Crippen molar-refractivity contribution >= 4 is 28.4 Å². The van der Waals surface area contributed by atoms with Crippen molar-refractivity contribution in [3.05, 3.63) is 66.2 Å². The van der Waals surface area contributed by atoms with E-state index in [2.05, 4.69) is 57.6 Å². The summed E-state index contributed by atoms with van der Waals surface area (Å²) in [6.45, 7) is 0.923. The normalized spacial score (nSPS) is 13.4. The van der Waals surface area contributed by atoms with Crippen LogP contribution in [0.25, 0.3) is 22.2 Å². The van der Waals surface area contributed by atoms with Gasteiger partial charge in [0.15, 0.2) is 5.65 Å². The van der Waals surface area contributed by atoms with Crippen molar-refractivity contribution in [2.24, 2.45) is 0 Å². The maximum atomic E-state index is 6.12. The molecule has 5 nitrogen and oxygen atoms in total. The zero-order valence-corrected chi connectivity index (χ0v) is 13.6. The summed E-state index contributed by atoms with van der Waals surface area (Å²) in [4.78, 5) is 7.02. The standard InChI is InChI=1S/C20H17N5/c21-19-18-15(13-6-2-1-3-7-13)12-17(22-20(18)24-23-19)25-11-10-14-8-4-5-9-16(14)25/h1-9,12H,10-11H2,(H3,21,22,23,24). The van der Waals surface area contributed by atoms with Crippen molar-refractivity contribution in [1.29, 1.82) is 0 Å². The molecule has 2 aromatic carbocycles. The Morgan fingerprint density at radius 1 is 1.00 bits per heavy atom. The maximum Gasteiger partial charge on any atom is 0.185 e. The highest BCUT2D eigenvalue weighted by Crippen LogP contribution is 2.38. The molecule has 3 heterocycles. The third-order valence-electron chi connectivity index (χ3n) is 4.79. The molecule has 1 aliphatic rings. The summed E-state index contributed by atoms with van der Waals surface area (Å²) >= 11 is 0. The second-order valence-electron chi connectivity index (χ2n) is 6.26. The van der Waals surface area contributed by atoms with Crippen LogP contribution in [-0.4, -0.2) is 21.7 Å². The summed E-state index contributed by atoms with van der Waals surface area (Å²) in [6.07, 6.45) is 1.03. The van der Waals surface area contributed by atoms with Crippen LogP contribution in [0.5, 0.6) is 0 Å². The van der Waals surface area contributed by atoms with E-state index in [1.54, 1.807) is 0 Å². The summed E-state index contributed by atoms with van der Waals surface area (Å²) in [5.41, 5.74) is 11.5. The number of hydrogen-bond donors (Lipinski definition) is 2. The number of anilines is 3. The number of rotatable bonds is 2. The van der Waals surface area contributed by atoms with Gasteiger partial charge in [0.2, 0.25) is 0 Å². The van der Waals surface area contributed by atoms with E-state index in [1.165, 1.54) is 11.3 Å². The van der Waals surface area contributed by atoms with E-state index in [-0.39, 0.29) is 0 Å². The lowest BCUT2D eigenvalue weighted by Crippen LogP contribution is -2.15. The summed E-state index contributed by atoms with van der Waals surface area (Å²) in [6, 6.07) is 20.8. The molecule has 0 radical (unpaired) electrons. The Kier molecular flexibility index (Phi) is 3.00. The van der Waals surface area contributed by atoms with Gasteiger partial charge in [0, 0.05) is 17.8 Å². The van der Waals surface area contributed by atoms with Crippen LogP contribution in [0.2, 0.25) is 0 Å². The van der Waals surface area contributed by atoms with Crippen LogP contribution in [0.1, 0.15) is 5.56 Å². The van der Waals surface area contributed by atoms with Crippen LogP contribution in [0.4, 0.5) is 17.3 Å². The molecule has 5 rings (SSSR count). The average molecular weight is 327 g/mol. The van der Waals surface area contributed by atoms with Crippen LogP contribution < -0.4 is 10.6 Å². The molecule has 122 valence electrons. The first-order valence-corrected chi connectivity index (χ1v) is 8.37. The van der Waals surface area contributed by atoms with Gasteiger partial charge in [0.1, 0.15) is 11.6 Å². The Balaban J connectivity index is 1.74. The Labute approximate surface area is 145 Å². The van der Waals surface area contributed by atoms with E-state index in [1.807, 2.05) is 18.2 Å². The summed E-state index contributed by atoms with van der Waals surface area (Å²) in [7, 11) is 0. The van der Waals surface area contributed by atoms with Gasteiger partial charge < -0.3 is 10.6 Å². The smallest absolute Gasteiger partial charge is 0.185 e. The number of aromatic nitrogens is 3. The quantitative estimate of drug-likeness (QED) is 0.586. The lowest BCUT2D eigenvalue weighted by Gasteiger charge is -2.19. The predicted molar refractivity (Wildman–Crippen MR) is 101 cm³/mol. The minimum atomic E-state index is 0.551. The highest BCUT2D eigenvalue weighted by molar-refractivity contribution is 6.01. The zero-order valence-electron chi connectivity index (χ0n) is 13.6. The lowest BCUT2D eigenvalue weighted by atomic mass is 10.0. The summed E-state index contributed by atoms with van der Waals surface area (Å²) < 4.78 is 0. The predicted octanol–water partition coefficient (Wildman–Crippen LogP) is 3.90. The number of hydrogen-bond acceptors (Lipinski definition) is 4. The van der Waals surface area contributed by atoms with Crippen LogP contribution in [0.15, 0.2) is 60.7 Å². The third kappa shape index (κ3) is 2.16. The largest absolute Gasteiger partial charge is 0.383 e. The fraction of sp³-hybridized carbons (Fsp3) is 0.100. The van der Waals surface area contributed by atoms with E-state index in [0.29, 0.717) is 11.5 Å². The van der Waals surface area contributed by atoms with Crippen molar-refractivity contribution in [2.75, 3.05) is 17.2 Å². The Morgan fingerprint density at radius 2 is 1.80 bits per heavy atom.